The highest BCUT2D eigenvalue weighted by Gasteiger charge is 2.17. The molecule has 1 aromatic carbocycles. The smallest absolute Gasteiger partial charge is 0.225 e. The highest BCUT2D eigenvalue weighted by molar-refractivity contribution is 5.89. The number of carbonyl (C=O) groups is 1. The van der Waals surface area contributed by atoms with Crippen molar-refractivity contribution < 1.29 is 9.90 Å². The molecule has 112 valence electrons. The van der Waals surface area contributed by atoms with Crippen LogP contribution in [0.1, 0.15) is 38.4 Å². The van der Waals surface area contributed by atoms with Crippen LogP contribution in [0.3, 0.4) is 0 Å². The van der Waals surface area contributed by atoms with Crippen molar-refractivity contribution in [3.05, 3.63) is 41.6 Å². The van der Waals surface area contributed by atoms with Gasteiger partial charge in [-0.1, -0.05) is 39.0 Å². The summed E-state index contributed by atoms with van der Waals surface area (Å²) in [5.74, 6) is 0.632. The van der Waals surface area contributed by atoms with Gasteiger partial charge in [0.2, 0.25) is 5.91 Å². The normalized spacial score (nSPS) is 11.4. The molecule has 2 aromatic rings. The molecular weight excluding hydrogens is 266 g/mol. The minimum Gasteiger partial charge on any atom is -0.508 e. The molecule has 1 heterocycles. The van der Waals surface area contributed by atoms with Gasteiger partial charge in [0.1, 0.15) is 5.75 Å². The predicted octanol–water partition coefficient (Wildman–Crippen LogP) is 2.98. The summed E-state index contributed by atoms with van der Waals surface area (Å²) in [6.07, 6.45) is 0.796. The third-order valence-electron chi connectivity index (χ3n) is 3.27. The predicted molar refractivity (Wildman–Crippen MR) is 82.3 cm³/mol. The van der Waals surface area contributed by atoms with Crippen molar-refractivity contribution in [3.8, 4) is 5.75 Å². The molecule has 0 unspecified atom stereocenters. The molecule has 0 aliphatic carbocycles. The van der Waals surface area contributed by atoms with Crippen LogP contribution in [0.25, 0.3) is 0 Å². The Bertz CT molecular complexity index is 626. The van der Waals surface area contributed by atoms with E-state index in [2.05, 4.69) is 36.3 Å². The Hall–Kier alpha value is -2.30. The standard InChI is InChI=1S/C16H21N3O2/c1-16(2,3)13-10-14(19-18-13)17-15(21)9-8-11-6-4-5-7-12(11)20/h4-7,10,20H,8-9H2,1-3H3,(H2,17,18,19,21). The molecule has 21 heavy (non-hydrogen) atoms. The fourth-order valence-corrected chi connectivity index (χ4v) is 1.95. The van der Waals surface area contributed by atoms with Gasteiger partial charge in [0.05, 0.1) is 0 Å². The van der Waals surface area contributed by atoms with Crippen molar-refractivity contribution in [3.63, 3.8) is 0 Å². The van der Waals surface area contributed by atoms with Gasteiger partial charge in [0.25, 0.3) is 0 Å². The van der Waals surface area contributed by atoms with E-state index in [0.29, 0.717) is 18.7 Å². The van der Waals surface area contributed by atoms with Crippen LogP contribution in [0.4, 0.5) is 5.82 Å². The molecule has 0 fully saturated rings. The Morgan fingerprint density at radius 3 is 2.67 bits per heavy atom. The van der Waals surface area contributed by atoms with Gasteiger partial charge in [-0.2, -0.15) is 5.10 Å². The summed E-state index contributed by atoms with van der Waals surface area (Å²) in [7, 11) is 0. The lowest BCUT2D eigenvalue weighted by Gasteiger charge is -2.14. The van der Waals surface area contributed by atoms with Gasteiger partial charge in [-0.3, -0.25) is 9.89 Å². The maximum Gasteiger partial charge on any atom is 0.225 e. The van der Waals surface area contributed by atoms with Crippen LogP contribution < -0.4 is 5.32 Å². The molecule has 5 heteroatoms. The minimum absolute atomic E-state index is 0.0359. The molecule has 0 aliphatic heterocycles. The summed E-state index contributed by atoms with van der Waals surface area (Å²) in [6, 6.07) is 8.89. The first kappa shape index (κ1) is 15.1. The third kappa shape index (κ3) is 4.08. The van der Waals surface area contributed by atoms with Crippen LogP contribution in [-0.4, -0.2) is 21.2 Å². The number of nitrogens with one attached hydrogen (secondary N) is 2. The lowest BCUT2D eigenvalue weighted by molar-refractivity contribution is -0.116. The van der Waals surface area contributed by atoms with Gasteiger partial charge >= 0.3 is 0 Å². The highest BCUT2D eigenvalue weighted by Crippen LogP contribution is 2.22. The van der Waals surface area contributed by atoms with Crippen molar-refractivity contribution in [2.75, 3.05) is 5.32 Å². The van der Waals surface area contributed by atoms with Gasteiger partial charge in [0, 0.05) is 23.6 Å². The molecule has 0 bridgehead atoms. The Morgan fingerprint density at radius 1 is 1.33 bits per heavy atom. The summed E-state index contributed by atoms with van der Waals surface area (Å²) >= 11 is 0. The molecule has 5 nitrogen and oxygen atoms in total. The SMILES string of the molecule is CC(C)(C)c1cc(NC(=O)CCc2ccccc2O)n[nH]1. The van der Waals surface area contributed by atoms with Crippen molar-refractivity contribution >= 4 is 11.7 Å². The number of hydrogen-bond donors (Lipinski definition) is 3. The number of hydrogen-bond acceptors (Lipinski definition) is 3. The molecule has 3 N–H and O–H groups in total. The molecule has 0 aliphatic rings. The Morgan fingerprint density at radius 2 is 2.05 bits per heavy atom. The summed E-state index contributed by atoms with van der Waals surface area (Å²) < 4.78 is 0. The summed E-state index contributed by atoms with van der Waals surface area (Å²) in [5.41, 5.74) is 1.70. The Labute approximate surface area is 124 Å². The number of phenols is 1. The van der Waals surface area contributed by atoms with Crippen molar-refractivity contribution in [1.82, 2.24) is 10.2 Å². The second-order valence-corrected chi connectivity index (χ2v) is 6.09. The van der Waals surface area contributed by atoms with Gasteiger partial charge < -0.3 is 10.4 Å². The second kappa shape index (κ2) is 5.99. The summed E-state index contributed by atoms with van der Waals surface area (Å²) in [6.45, 7) is 6.22. The number of para-hydroxylation sites is 1. The maximum absolute atomic E-state index is 11.9. The Balaban J connectivity index is 1.90. The number of benzene rings is 1. The number of rotatable bonds is 4. The molecule has 1 aromatic heterocycles. The van der Waals surface area contributed by atoms with Gasteiger partial charge in [-0.05, 0) is 18.1 Å². The number of aryl methyl sites for hydroxylation is 1. The topological polar surface area (TPSA) is 78.0 Å². The maximum atomic E-state index is 11.9. The van der Waals surface area contributed by atoms with Crippen LogP contribution >= 0.6 is 0 Å². The largest absolute Gasteiger partial charge is 0.508 e. The van der Waals surface area contributed by atoms with Crippen LogP contribution in [0.15, 0.2) is 30.3 Å². The molecule has 0 radical (unpaired) electrons. The van der Waals surface area contributed by atoms with E-state index in [1.165, 1.54) is 0 Å². The number of carbonyl (C=O) groups excluding carboxylic acids is 1. The zero-order valence-corrected chi connectivity index (χ0v) is 12.6. The number of aromatic amines is 1. The van der Waals surface area contributed by atoms with Crippen LogP contribution in [-0.2, 0) is 16.6 Å². The van der Waals surface area contributed by atoms with Crippen molar-refractivity contribution in [2.45, 2.75) is 39.0 Å². The van der Waals surface area contributed by atoms with Gasteiger partial charge in [0.15, 0.2) is 5.82 Å². The van der Waals surface area contributed by atoms with Crippen LogP contribution in [0, 0.1) is 0 Å². The molecule has 0 atom stereocenters. The van der Waals surface area contributed by atoms with Crippen LogP contribution in [0.5, 0.6) is 5.75 Å². The third-order valence-corrected chi connectivity index (χ3v) is 3.27. The fourth-order valence-electron chi connectivity index (χ4n) is 1.95. The van der Waals surface area contributed by atoms with E-state index in [9.17, 15) is 9.90 Å². The van der Waals surface area contributed by atoms with E-state index in [0.717, 1.165) is 11.3 Å². The van der Waals surface area contributed by atoms with Gasteiger partial charge in [-0.15, -0.1) is 0 Å². The lowest BCUT2D eigenvalue weighted by atomic mass is 9.92. The van der Waals surface area contributed by atoms with E-state index in [-0.39, 0.29) is 17.1 Å². The fraction of sp³-hybridized carbons (Fsp3) is 0.375. The summed E-state index contributed by atoms with van der Waals surface area (Å²) in [4.78, 5) is 11.9. The first-order valence-corrected chi connectivity index (χ1v) is 6.99. The number of anilines is 1. The average molecular weight is 287 g/mol. The molecule has 0 saturated carbocycles. The number of amides is 1. The quantitative estimate of drug-likeness (QED) is 0.809. The second-order valence-electron chi connectivity index (χ2n) is 6.09. The molecular formula is C16H21N3O2. The van der Waals surface area contributed by atoms with Gasteiger partial charge in [-0.25, -0.2) is 0 Å². The number of aromatic nitrogens is 2. The van der Waals surface area contributed by atoms with E-state index in [4.69, 9.17) is 0 Å². The first-order valence-electron chi connectivity index (χ1n) is 6.99. The van der Waals surface area contributed by atoms with E-state index >= 15 is 0 Å². The number of aromatic hydroxyl groups is 1. The molecule has 2 rings (SSSR count). The molecule has 1 amide bonds. The number of nitrogens with zero attached hydrogens (tertiary/aromatic N) is 1. The zero-order chi connectivity index (χ0) is 15.5. The van der Waals surface area contributed by atoms with Crippen molar-refractivity contribution in [2.24, 2.45) is 0 Å². The van der Waals surface area contributed by atoms with Crippen LogP contribution in [0.2, 0.25) is 0 Å². The first-order chi connectivity index (χ1) is 9.86. The minimum atomic E-state index is -0.120. The number of H-pyrrole nitrogens is 1. The molecule has 0 saturated heterocycles. The zero-order valence-electron chi connectivity index (χ0n) is 12.6. The molecule has 0 spiro atoms. The average Bonchev–Trinajstić information content (AvgIpc) is 2.86. The van der Waals surface area contributed by atoms with E-state index in [1.807, 2.05) is 18.2 Å². The van der Waals surface area contributed by atoms with E-state index in [1.54, 1.807) is 12.1 Å². The highest BCUT2D eigenvalue weighted by atomic mass is 16.3. The Kier molecular flexibility index (Phi) is 4.31. The van der Waals surface area contributed by atoms with E-state index < -0.39 is 0 Å². The number of phenolic OH excluding ortho intramolecular Hbond substituents is 1. The monoisotopic (exact) mass is 287 g/mol. The lowest BCUT2D eigenvalue weighted by Crippen LogP contribution is -2.13. The van der Waals surface area contributed by atoms with Crippen molar-refractivity contribution in [1.29, 1.82) is 0 Å². The summed E-state index contributed by atoms with van der Waals surface area (Å²) in [5, 5.41) is 19.4.